The van der Waals surface area contributed by atoms with E-state index >= 15 is 0 Å². The molecule has 1 saturated heterocycles. The van der Waals surface area contributed by atoms with Crippen LogP contribution in [-0.4, -0.2) is 52.0 Å². The van der Waals surface area contributed by atoms with Crippen LogP contribution < -0.4 is 0 Å². The van der Waals surface area contributed by atoms with Gasteiger partial charge in [-0.3, -0.25) is 9.80 Å². The second-order valence-electron chi connectivity index (χ2n) is 5.55. The first kappa shape index (κ1) is 12.6. The first-order chi connectivity index (χ1) is 9.38. The predicted molar refractivity (Wildman–Crippen MR) is 72.3 cm³/mol. The van der Waals surface area contributed by atoms with Gasteiger partial charge in [0.15, 0.2) is 0 Å². The Balaban J connectivity index is 1.58. The van der Waals surface area contributed by atoms with Gasteiger partial charge in [0, 0.05) is 32.2 Å². The van der Waals surface area contributed by atoms with Gasteiger partial charge in [-0.2, -0.15) is 5.26 Å². The van der Waals surface area contributed by atoms with E-state index in [2.05, 4.69) is 25.8 Å². The minimum Gasteiger partial charge on any atom is -0.346 e. The third-order valence-electron chi connectivity index (χ3n) is 4.49. The zero-order valence-electron chi connectivity index (χ0n) is 11.3. The molecule has 0 radical (unpaired) electrons. The van der Waals surface area contributed by atoms with E-state index in [1.54, 1.807) is 12.5 Å². The second kappa shape index (κ2) is 5.72. The lowest BCUT2D eigenvalue weighted by atomic mass is 10.1. The number of nitrogens with one attached hydrogen (secondary N) is 1. The maximum Gasteiger partial charge on any atom is 0.140 e. The molecule has 19 heavy (non-hydrogen) atoms. The van der Waals surface area contributed by atoms with Crippen LogP contribution in [-0.2, 0) is 0 Å². The van der Waals surface area contributed by atoms with Crippen molar-refractivity contribution in [3.63, 3.8) is 0 Å². The molecule has 2 heterocycles. The van der Waals surface area contributed by atoms with Crippen LogP contribution in [0.4, 0.5) is 0 Å². The standard InChI is InChI=1S/C14H21N5/c15-9-14(13-10-16-11-17-13)19-7-5-18(6-8-19)12-3-1-2-4-12/h10-12,14H,1-8H2,(H,16,17). The number of nitriles is 1. The summed E-state index contributed by atoms with van der Waals surface area (Å²) >= 11 is 0. The van der Waals surface area contributed by atoms with E-state index in [9.17, 15) is 5.26 Å². The molecule has 1 aromatic heterocycles. The summed E-state index contributed by atoms with van der Waals surface area (Å²) in [7, 11) is 0. The fraction of sp³-hybridized carbons (Fsp3) is 0.714. The van der Waals surface area contributed by atoms with E-state index in [1.165, 1.54) is 25.7 Å². The van der Waals surface area contributed by atoms with E-state index in [0.717, 1.165) is 37.9 Å². The van der Waals surface area contributed by atoms with Gasteiger partial charge in [0.1, 0.15) is 6.04 Å². The maximum absolute atomic E-state index is 9.37. The quantitative estimate of drug-likeness (QED) is 0.894. The molecule has 1 saturated carbocycles. The number of imidazole rings is 1. The Hall–Kier alpha value is -1.38. The Kier molecular flexibility index (Phi) is 3.81. The van der Waals surface area contributed by atoms with Crippen molar-refractivity contribution in [1.82, 2.24) is 19.8 Å². The Morgan fingerprint density at radius 1 is 1.26 bits per heavy atom. The third-order valence-corrected chi connectivity index (χ3v) is 4.49. The van der Waals surface area contributed by atoms with Crippen LogP contribution >= 0.6 is 0 Å². The molecule has 1 aromatic rings. The second-order valence-corrected chi connectivity index (χ2v) is 5.55. The number of piperazine rings is 1. The summed E-state index contributed by atoms with van der Waals surface area (Å²) in [5, 5.41) is 9.37. The van der Waals surface area contributed by atoms with Gasteiger partial charge in [0.05, 0.1) is 24.3 Å². The van der Waals surface area contributed by atoms with Crippen LogP contribution in [0.3, 0.4) is 0 Å². The van der Waals surface area contributed by atoms with Gasteiger partial charge in [-0.1, -0.05) is 12.8 Å². The van der Waals surface area contributed by atoms with E-state index in [4.69, 9.17) is 0 Å². The molecule has 5 nitrogen and oxygen atoms in total. The average molecular weight is 259 g/mol. The Bertz CT molecular complexity index is 421. The Labute approximate surface area is 114 Å². The van der Waals surface area contributed by atoms with E-state index in [0.29, 0.717) is 0 Å². The SMILES string of the molecule is N#CC(c1cnc[nH]1)N1CCN(C2CCCC2)CC1. The molecule has 2 aliphatic rings. The van der Waals surface area contributed by atoms with Gasteiger partial charge < -0.3 is 4.98 Å². The summed E-state index contributed by atoms with van der Waals surface area (Å²) in [5.74, 6) is 0. The molecule has 3 rings (SSSR count). The highest BCUT2D eigenvalue weighted by atomic mass is 15.3. The number of hydrogen-bond acceptors (Lipinski definition) is 4. The smallest absolute Gasteiger partial charge is 0.140 e. The molecule has 102 valence electrons. The van der Waals surface area contributed by atoms with Gasteiger partial charge in [0.25, 0.3) is 0 Å². The summed E-state index contributed by atoms with van der Waals surface area (Å²) in [4.78, 5) is 12.0. The zero-order valence-corrected chi connectivity index (χ0v) is 11.3. The van der Waals surface area contributed by atoms with Crippen molar-refractivity contribution in [3.05, 3.63) is 18.2 Å². The average Bonchev–Trinajstić information content (AvgIpc) is 3.14. The molecule has 0 spiro atoms. The van der Waals surface area contributed by atoms with Gasteiger partial charge in [-0.05, 0) is 12.8 Å². The van der Waals surface area contributed by atoms with E-state index < -0.39 is 0 Å². The maximum atomic E-state index is 9.37. The summed E-state index contributed by atoms with van der Waals surface area (Å²) in [6.07, 6.45) is 8.91. The van der Waals surface area contributed by atoms with Crippen LogP contribution in [0.2, 0.25) is 0 Å². The number of nitrogens with zero attached hydrogens (tertiary/aromatic N) is 4. The topological polar surface area (TPSA) is 59.0 Å². The van der Waals surface area contributed by atoms with Crippen molar-refractivity contribution < 1.29 is 0 Å². The minimum absolute atomic E-state index is 0.173. The van der Waals surface area contributed by atoms with Gasteiger partial charge >= 0.3 is 0 Å². The van der Waals surface area contributed by atoms with E-state index in [-0.39, 0.29) is 6.04 Å². The lowest BCUT2D eigenvalue weighted by molar-refractivity contribution is 0.0831. The fourth-order valence-electron chi connectivity index (χ4n) is 3.39. The molecule has 0 amide bonds. The lowest BCUT2D eigenvalue weighted by Gasteiger charge is -2.39. The van der Waals surface area contributed by atoms with Crippen molar-refractivity contribution >= 4 is 0 Å². The molecule has 0 aromatic carbocycles. The van der Waals surface area contributed by atoms with Gasteiger partial charge in [-0.15, -0.1) is 0 Å². The van der Waals surface area contributed by atoms with Crippen LogP contribution in [0.5, 0.6) is 0 Å². The molecular weight excluding hydrogens is 238 g/mol. The summed E-state index contributed by atoms with van der Waals surface area (Å²) in [6, 6.07) is 3.02. The molecule has 5 heteroatoms. The molecule has 1 aliphatic heterocycles. The molecule has 1 atom stereocenters. The van der Waals surface area contributed by atoms with Gasteiger partial charge in [0.2, 0.25) is 0 Å². The number of aromatic amines is 1. The first-order valence-corrected chi connectivity index (χ1v) is 7.24. The van der Waals surface area contributed by atoms with E-state index in [1.807, 2.05) is 0 Å². The summed E-state index contributed by atoms with van der Waals surface area (Å²) in [6.45, 7) is 4.15. The minimum atomic E-state index is -0.173. The molecule has 2 fully saturated rings. The van der Waals surface area contributed by atoms with Crippen LogP contribution in [0, 0.1) is 11.3 Å². The first-order valence-electron chi connectivity index (χ1n) is 7.24. The van der Waals surface area contributed by atoms with Crippen LogP contribution in [0.1, 0.15) is 37.4 Å². The highest BCUT2D eigenvalue weighted by Gasteiger charge is 2.29. The highest BCUT2D eigenvalue weighted by Crippen LogP contribution is 2.26. The van der Waals surface area contributed by atoms with Crippen molar-refractivity contribution in [2.45, 2.75) is 37.8 Å². The van der Waals surface area contributed by atoms with Gasteiger partial charge in [-0.25, -0.2) is 4.98 Å². The van der Waals surface area contributed by atoms with Crippen LogP contribution in [0.15, 0.2) is 12.5 Å². The monoisotopic (exact) mass is 259 g/mol. The van der Waals surface area contributed by atoms with Crippen LogP contribution in [0.25, 0.3) is 0 Å². The fourth-order valence-corrected chi connectivity index (χ4v) is 3.39. The predicted octanol–water partition coefficient (Wildman–Crippen LogP) is 1.53. The number of aromatic nitrogens is 2. The van der Waals surface area contributed by atoms with Crippen molar-refractivity contribution in [2.75, 3.05) is 26.2 Å². The zero-order chi connectivity index (χ0) is 13.1. The molecule has 0 bridgehead atoms. The highest BCUT2D eigenvalue weighted by molar-refractivity contribution is 5.12. The normalized spacial score (nSPS) is 24.4. The molecular formula is C14H21N5. The van der Waals surface area contributed by atoms with Crippen molar-refractivity contribution in [3.8, 4) is 6.07 Å². The third kappa shape index (κ3) is 2.65. The number of rotatable bonds is 3. The number of H-pyrrole nitrogens is 1. The lowest BCUT2D eigenvalue weighted by Crippen LogP contribution is -2.50. The molecule has 1 unspecified atom stereocenters. The Morgan fingerprint density at radius 2 is 2.00 bits per heavy atom. The molecule has 1 N–H and O–H groups in total. The summed E-state index contributed by atoms with van der Waals surface area (Å²) < 4.78 is 0. The number of hydrogen-bond donors (Lipinski definition) is 1. The summed E-state index contributed by atoms with van der Waals surface area (Å²) in [5.41, 5.74) is 0.914. The van der Waals surface area contributed by atoms with Crippen molar-refractivity contribution in [2.24, 2.45) is 0 Å². The molecule has 1 aliphatic carbocycles. The van der Waals surface area contributed by atoms with Crippen molar-refractivity contribution in [1.29, 1.82) is 5.26 Å². The largest absolute Gasteiger partial charge is 0.346 e. The Morgan fingerprint density at radius 3 is 2.58 bits per heavy atom.